The van der Waals surface area contributed by atoms with Crippen molar-refractivity contribution in [2.45, 2.75) is 99.5 Å². The predicted octanol–water partition coefficient (Wildman–Crippen LogP) is 6.38. The summed E-state index contributed by atoms with van der Waals surface area (Å²) in [6.45, 7) is 16.4. The van der Waals surface area contributed by atoms with E-state index in [9.17, 15) is 0 Å². The topological polar surface area (TPSA) is 3.24 Å². The number of piperidine rings is 1. The molecule has 0 N–H and O–H groups in total. The van der Waals surface area contributed by atoms with Crippen molar-refractivity contribution in [3.05, 3.63) is 0 Å². The van der Waals surface area contributed by atoms with Gasteiger partial charge < -0.3 is 4.90 Å². The van der Waals surface area contributed by atoms with Crippen molar-refractivity contribution in [2.75, 3.05) is 13.6 Å². The quantitative estimate of drug-likeness (QED) is 0.569. The van der Waals surface area contributed by atoms with Crippen LogP contribution in [0.25, 0.3) is 0 Å². The van der Waals surface area contributed by atoms with Crippen LogP contribution in [0.15, 0.2) is 0 Å². The molecule has 20 heavy (non-hydrogen) atoms. The Morgan fingerprint density at radius 2 is 1.35 bits per heavy atom. The summed E-state index contributed by atoms with van der Waals surface area (Å²) in [4.78, 5) is 2.50. The van der Waals surface area contributed by atoms with Gasteiger partial charge in [0.15, 0.2) is 0 Å². The number of nitrogens with zero attached hydrogens (tertiary/aromatic N) is 1. The second-order valence-electron chi connectivity index (χ2n) is 5.83. The third kappa shape index (κ3) is 9.00. The van der Waals surface area contributed by atoms with Crippen molar-refractivity contribution < 1.29 is 0 Å². The maximum Gasteiger partial charge on any atom is 0.00921 e. The van der Waals surface area contributed by atoms with Gasteiger partial charge in [-0.1, -0.05) is 80.1 Å². The van der Waals surface area contributed by atoms with E-state index in [0.717, 1.165) is 17.9 Å². The lowest BCUT2D eigenvalue weighted by atomic mass is 9.79. The Morgan fingerprint density at radius 1 is 0.900 bits per heavy atom. The molecular formula is C19H43N. The molecule has 1 saturated heterocycles. The number of hydrogen-bond donors (Lipinski definition) is 0. The van der Waals surface area contributed by atoms with Crippen LogP contribution in [0, 0.1) is 11.8 Å². The zero-order valence-corrected chi connectivity index (χ0v) is 15.8. The molecule has 1 saturated carbocycles. The minimum absolute atomic E-state index is 0.787. The van der Waals surface area contributed by atoms with Crippen molar-refractivity contribution in [1.82, 2.24) is 4.90 Å². The molecule has 3 unspecified atom stereocenters. The van der Waals surface area contributed by atoms with Crippen LogP contribution in [0.4, 0.5) is 0 Å². The monoisotopic (exact) mass is 285 g/mol. The normalized spacial score (nSPS) is 28.5. The largest absolute Gasteiger partial charge is 0.303 e. The Hall–Kier alpha value is -0.0400. The molecule has 0 aromatic rings. The van der Waals surface area contributed by atoms with Crippen LogP contribution in [0.5, 0.6) is 0 Å². The standard InChI is InChI=1S/C11H23N.C4H8.2C2H6/c1-5-6-11-7-8-12(4)10(3)9(11)2;1-2-4-3-1;2*1-2/h9-11H,5-8H2,1-4H3;1-4H2;2*1-2H3. The fourth-order valence-electron chi connectivity index (χ4n) is 2.66. The highest BCUT2D eigenvalue weighted by atomic mass is 15.1. The van der Waals surface area contributed by atoms with E-state index < -0.39 is 0 Å². The first kappa shape index (κ1) is 22.2. The predicted molar refractivity (Wildman–Crippen MR) is 95.4 cm³/mol. The molecule has 1 aliphatic carbocycles. The highest BCUT2D eigenvalue weighted by Gasteiger charge is 2.29. The molecule has 2 fully saturated rings. The first-order chi connectivity index (χ1) is 9.66. The van der Waals surface area contributed by atoms with Gasteiger partial charge in [0.2, 0.25) is 0 Å². The minimum atomic E-state index is 0.787. The molecule has 0 amide bonds. The lowest BCUT2D eigenvalue weighted by Crippen LogP contribution is -2.44. The van der Waals surface area contributed by atoms with E-state index in [4.69, 9.17) is 0 Å². The molecule has 1 heteroatoms. The summed E-state index contributed by atoms with van der Waals surface area (Å²) in [5.41, 5.74) is 0. The molecule has 124 valence electrons. The Labute approximate surface area is 130 Å². The maximum atomic E-state index is 2.50. The molecule has 1 heterocycles. The zero-order valence-electron chi connectivity index (χ0n) is 15.8. The van der Waals surface area contributed by atoms with E-state index in [1.54, 1.807) is 0 Å². The van der Waals surface area contributed by atoms with Crippen LogP contribution in [0.1, 0.15) is 93.4 Å². The maximum absolute atomic E-state index is 2.50. The Balaban J connectivity index is 0. The Kier molecular flexibility index (Phi) is 17.1. The van der Waals surface area contributed by atoms with E-state index in [-0.39, 0.29) is 0 Å². The Morgan fingerprint density at radius 3 is 1.70 bits per heavy atom. The summed E-state index contributed by atoms with van der Waals surface area (Å²) >= 11 is 0. The number of likely N-dealkylation sites (tertiary alicyclic amines) is 1. The Bertz CT molecular complexity index is 171. The van der Waals surface area contributed by atoms with Crippen molar-refractivity contribution >= 4 is 0 Å². The van der Waals surface area contributed by atoms with Crippen LogP contribution >= 0.6 is 0 Å². The van der Waals surface area contributed by atoms with E-state index in [1.807, 2.05) is 27.7 Å². The first-order valence-corrected chi connectivity index (χ1v) is 9.37. The van der Waals surface area contributed by atoms with E-state index in [0.29, 0.717) is 0 Å². The number of rotatable bonds is 2. The summed E-state index contributed by atoms with van der Waals surface area (Å²) < 4.78 is 0. The summed E-state index contributed by atoms with van der Waals surface area (Å²) in [5, 5.41) is 0. The molecule has 0 bridgehead atoms. The highest BCUT2D eigenvalue weighted by Crippen LogP contribution is 2.30. The SMILES string of the molecule is C1CCC1.CC.CC.CCCC1CCN(C)C(C)C1C. The van der Waals surface area contributed by atoms with Crippen LogP contribution < -0.4 is 0 Å². The van der Waals surface area contributed by atoms with Gasteiger partial charge in [-0.3, -0.25) is 0 Å². The van der Waals surface area contributed by atoms with Crippen molar-refractivity contribution in [3.63, 3.8) is 0 Å². The van der Waals surface area contributed by atoms with Gasteiger partial charge in [-0.2, -0.15) is 0 Å². The summed E-state index contributed by atoms with van der Waals surface area (Å²) in [5.74, 6) is 1.88. The zero-order chi connectivity index (χ0) is 16.0. The van der Waals surface area contributed by atoms with E-state index in [1.165, 1.54) is 51.5 Å². The minimum Gasteiger partial charge on any atom is -0.303 e. The average molecular weight is 286 g/mol. The second kappa shape index (κ2) is 15.4. The smallest absolute Gasteiger partial charge is 0.00921 e. The molecule has 0 radical (unpaired) electrons. The van der Waals surface area contributed by atoms with E-state index in [2.05, 4.69) is 32.7 Å². The van der Waals surface area contributed by atoms with Crippen LogP contribution in [-0.2, 0) is 0 Å². The van der Waals surface area contributed by atoms with Crippen LogP contribution in [-0.4, -0.2) is 24.5 Å². The molecule has 3 atom stereocenters. The van der Waals surface area contributed by atoms with Gasteiger partial charge in [0.25, 0.3) is 0 Å². The van der Waals surface area contributed by atoms with Crippen LogP contribution in [0.2, 0.25) is 0 Å². The second-order valence-corrected chi connectivity index (χ2v) is 5.83. The third-order valence-corrected chi connectivity index (χ3v) is 4.71. The molecule has 1 nitrogen and oxygen atoms in total. The van der Waals surface area contributed by atoms with Gasteiger partial charge in [0, 0.05) is 6.04 Å². The van der Waals surface area contributed by atoms with Gasteiger partial charge in [-0.15, -0.1) is 0 Å². The van der Waals surface area contributed by atoms with Crippen molar-refractivity contribution in [2.24, 2.45) is 11.8 Å². The highest BCUT2D eigenvalue weighted by molar-refractivity contribution is 4.82. The van der Waals surface area contributed by atoms with Gasteiger partial charge >= 0.3 is 0 Å². The lowest BCUT2D eigenvalue weighted by molar-refractivity contribution is 0.0861. The molecule has 1 aliphatic heterocycles. The molecule has 0 aromatic heterocycles. The van der Waals surface area contributed by atoms with Crippen LogP contribution in [0.3, 0.4) is 0 Å². The molecular weight excluding hydrogens is 242 g/mol. The summed E-state index contributed by atoms with van der Waals surface area (Å²) in [6.07, 6.45) is 10.2. The average Bonchev–Trinajstić information content (AvgIpc) is 2.42. The van der Waals surface area contributed by atoms with E-state index >= 15 is 0 Å². The van der Waals surface area contributed by atoms with Gasteiger partial charge in [0.05, 0.1) is 0 Å². The van der Waals surface area contributed by atoms with Crippen molar-refractivity contribution in [3.8, 4) is 0 Å². The molecule has 0 aromatic carbocycles. The number of hydrogen-bond acceptors (Lipinski definition) is 1. The van der Waals surface area contributed by atoms with Gasteiger partial charge in [-0.05, 0) is 38.8 Å². The molecule has 2 aliphatic rings. The van der Waals surface area contributed by atoms with Crippen molar-refractivity contribution in [1.29, 1.82) is 0 Å². The summed E-state index contributed by atoms with van der Waals surface area (Å²) in [6, 6.07) is 0.787. The van der Waals surface area contributed by atoms with Gasteiger partial charge in [0.1, 0.15) is 0 Å². The first-order valence-electron chi connectivity index (χ1n) is 9.37. The fourth-order valence-corrected chi connectivity index (χ4v) is 2.66. The molecule has 2 rings (SSSR count). The molecule has 0 spiro atoms. The van der Waals surface area contributed by atoms with Gasteiger partial charge in [-0.25, -0.2) is 0 Å². The summed E-state index contributed by atoms with van der Waals surface area (Å²) in [7, 11) is 2.25. The lowest BCUT2D eigenvalue weighted by Gasteiger charge is -2.40. The fraction of sp³-hybridized carbons (Fsp3) is 1.00. The third-order valence-electron chi connectivity index (χ3n) is 4.71.